The zero-order valence-corrected chi connectivity index (χ0v) is 21.8. The first-order chi connectivity index (χ1) is 18.5. The largest absolute Gasteiger partial charge is 0.496 e. The van der Waals surface area contributed by atoms with E-state index in [1.54, 1.807) is 31.6 Å². The first-order valence-corrected chi connectivity index (χ1v) is 13.0. The molecule has 0 radical (unpaired) electrons. The second-order valence-corrected chi connectivity index (χ2v) is 9.83. The Morgan fingerprint density at radius 2 is 1.97 bits per heavy atom. The summed E-state index contributed by atoms with van der Waals surface area (Å²) in [5.74, 6) is 1.35. The Hall–Kier alpha value is -4.37. The van der Waals surface area contributed by atoms with Gasteiger partial charge in [0.1, 0.15) is 11.8 Å². The molecule has 1 aromatic heterocycles. The summed E-state index contributed by atoms with van der Waals surface area (Å²) in [6.45, 7) is 3.89. The number of ether oxygens (including phenoxy) is 4. The first kappa shape index (κ1) is 24.0. The minimum atomic E-state index is -0.787. The van der Waals surface area contributed by atoms with Crippen molar-refractivity contribution in [3.05, 3.63) is 96.7 Å². The molecule has 0 unspecified atom stereocenters. The van der Waals surface area contributed by atoms with Crippen molar-refractivity contribution in [2.24, 2.45) is 4.99 Å². The number of nitrogens with zero attached hydrogens (tertiary/aromatic N) is 2. The minimum Gasteiger partial charge on any atom is -0.496 e. The molecule has 4 aromatic rings. The van der Waals surface area contributed by atoms with Gasteiger partial charge in [0, 0.05) is 5.56 Å². The summed E-state index contributed by atoms with van der Waals surface area (Å²) in [5.41, 5.74) is 2.04. The van der Waals surface area contributed by atoms with Crippen LogP contribution in [-0.4, -0.2) is 31.0 Å². The number of hydrogen-bond acceptors (Lipinski definition) is 8. The highest BCUT2D eigenvalue weighted by Gasteiger charge is 2.36. The monoisotopic (exact) mass is 528 g/mol. The van der Waals surface area contributed by atoms with Crippen molar-refractivity contribution < 1.29 is 23.7 Å². The van der Waals surface area contributed by atoms with Gasteiger partial charge in [0.25, 0.3) is 5.56 Å². The molecular weight excluding hydrogens is 504 g/mol. The molecule has 8 nitrogen and oxygen atoms in total. The minimum absolute atomic E-state index is 0.170. The van der Waals surface area contributed by atoms with Crippen LogP contribution >= 0.6 is 11.3 Å². The smallest absolute Gasteiger partial charge is 0.338 e. The maximum absolute atomic E-state index is 14.0. The van der Waals surface area contributed by atoms with Gasteiger partial charge in [0.2, 0.25) is 6.79 Å². The van der Waals surface area contributed by atoms with Crippen LogP contribution in [0, 0.1) is 0 Å². The predicted octanol–water partition coefficient (Wildman–Crippen LogP) is 3.69. The standard InChI is InChI=1S/C29H24N2O6S/c1-4-35-28(33)24-16(2)30-29-31(26(24)25-19-8-6-5-7-18(19)10-12-21(25)34-3)27(32)23(38-29)14-17-9-11-20-22(13-17)37-15-36-20/h5-14,26H,4,15H2,1-3H3/t26-/m0/s1. The summed E-state index contributed by atoms with van der Waals surface area (Å²) in [4.78, 5) is 32.5. The van der Waals surface area contributed by atoms with Gasteiger partial charge >= 0.3 is 5.97 Å². The van der Waals surface area contributed by atoms with Crippen molar-refractivity contribution in [1.82, 2.24) is 4.57 Å². The third-order valence-corrected chi connectivity index (χ3v) is 7.62. The van der Waals surface area contributed by atoms with E-state index in [0.29, 0.717) is 43.4 Å². The fourth-order valence-electron chi connectivity index (χ4n) is 4.95. The van der Waals surface area contributed by atoms with Crippen LogP contribution in [0.25, 0.3) is 16.8 Å². The Kier molecular flexibility index (Phi) is 6.00. The lowest BCUT2D eigenvalue weighted by atomic mass is 9.90. The van der Waals surface area contributed by atoms with E-state index in [4.69, 9.17) is 18.9 Å². The molecule has 1 atom stereocenters. The molecule has 0 fully saturated rings. The Labute approximate surface area is 221 Å². The Balaban J connectivity index is 1.63. The average molecular weight is 529 g/mol. The maximum atomic E-state index is 14.0. The molecule has 192 valence electrons. The fraction of sp³-hybridized carbons (Fsp3) is 0.207. The van der Waals surface area contributed by atoms with E-state index in [-0.39, 0.29) is 19.0 Å². The Bertz CT molecular complexity index is 1820. The number of allylic oxidation sites excluding steroid dienone is 1. The van der Waals surface area contributed by atoms with Crippen molar-refractivity contribution >= 4 is 34.2 Å². The highest BCUT2D eigenvalue weighted by Crippen LogP contribution is 2.40. The van der Waals surface area contributed by atoms with Gasteiger partial charge in [-0.2, -0.15) is 0 Å². The van der Waals surface area contributed by atoms with Crippen molar-refractivity contribution in [2.75, 3.05) is 20.5 Å². The molecule has 6 rings (SSSR count). The number of hydrogen-bond donors (Lipinski definition) is 0. The van der Waals surface area contributed by atoms with E-state index >= 15 is 0 Å². The lowest BCUT2D eigenvalue weighted by Crippen LogP contribution is -2.40. The topological polar surface area (TPSA) is 88.4 Å². The summed E-state index contributed by atoms with van der Waals surface area (Å²) in [7, 11) is 1.58. The van der Waals surface area contributed by atoms with Crippen LogP contribution in [0.4, 0.5) is 0 Å². The van der Waals surface area contributed by atoms with E-state index < -0.39 is 12.0 Å². The Morgan fingerprint density at radius 1 is 1.16 bits per heavy atom. The van der Waals surface area contributed by atoms with E-state index in [9.17, 15) is 9.59 Å². The van der Waals surface area contributed by atoms with Crippen LogP contribution in [0.15, 0.2) is 75.7 Å². The van der Waals surface area contributed by atoms with Crippen molar-refractivity contribution in [3.8, 4) is 17.2 Å². The van der Waals surface area contributed by atoms with Crippen LogP contribution in [0.5, 0.6) is 17.2 Å². The highest BCUT2D eigenvalue weighted by atomic mass is 32.1. The van der Waals surface area contributed by atoms with Crippen LogP contribution in [0.3, 0.4) is 0 Å². The lowest BCUT2D eigenvalue weighted by Gasteiger charge is -2.27. The van der Waals surface area contributed by atoms with E-state index in [2.05, 4.69) is 4.99 Å². The van der Waals surface area contributed by atoms with E-state index in [0.717, 1.165) is 16.3 Å². The molecule has 0 spiro atoms. The zero-order valence-electron chi connectivity index (χ0n) is 21.0. The number of carbonyl (C=O) groups excluding carboxylic acids is 1. The number of fused-ring (bicyclic) bond motifs is 3. The van der Waals surface area contributed by atoms with Gasteiger partial charge < -0.3 is 18.9 Å². The van der Waals surface area contributed by atoms with E-state index in [1.165, 1.54) is 11.3 Å². The highest BCUT2D eigenvalue weighted by molar-refractivity contribution is 7.07. The second-order valence-electron chi connectivity index (χ2n) is 8.82. The van der Waals surface area contributed by atoms with Crippen molar-refractivity contribution in [2.45, 2.75) is 19.9 Å². The number of carbonyl (C=O) groups is 1. The number of aromatic nitrogens is 1. The third kappa shape index (κ3) is 3.86. The van der Waals surface area contributed by atoms with Gasteiger partial charge in [-0.3, -0.25) is 9.36 Å². The number of esters is 1. The molecule has 0 saturated heterocycles. The maximum Gasteiger partial charge on any atom is 0.338 e. The molecule has 2 aliphatic rings. The van der Waals surface area contributed by atoms with E-state index in [1.807, 2.05) is 54.6 Å². The summed E-state index contributed by atoms with van der Waals surface area (Å²) in [6.07, 6.45) is 1.80. The molecule has 0 saturated carbocycles. The summed E-state index contributed by atoms with van der Waals surface area (Å²) in [5, 5.41) is 1.84. The quantitative estimate of drug-likeness (QED) is 0.367. The molecule has 3 heterocycles. The zero-order chi connectivity index (χ0) is 26.4. The van der Waals surface area contributed by atoms with Crippen LogP contribution < -0.4 is 29.1 Å². The number of rotatable bonds is 5. The normalized spacial score (nSPS) is 16.4. The average Bonchev–Trinajstić information content (AvgIpc) is 3.51. The van der Waals surface area contributed by atoms with Crippen molar-refractivity contribution in [3.63, 3.8) is 0 Å². The van der Waals surface area contributed by atoms with Crippen molar-refractivity contribution in [1.29, 1.82) is 0 Å². The third-order valence-electron chi connectivity index (χ3n) is 6.64. The van der Waals surface area contributed by atoms with Crippen LogP contribution in [0.1, 0.15) is 31.0 Å². The molecular formula is C29H24N2O6S. The van der Waals surface area contributed by atoms with Gasteiger partial charge in [-0.25, -0.2) is 9.79 Å². The SMILES string of the molecule is CCOC(=O)C1=C(C)N=c2sc(=Cc3ccc4c(c3)OCO4)c(=O)n2[C@@H]1c1c(OC)ccc2ccccc12. The summed E-state index contributed by atoms with van der Waals surface area (Å²) < 4.78 is 24.2. The Morgan fingerprint density at radius 3 is 2.79 bits per heavy atom. The summed E-state index contributed by atoms with van der Waals surface area (Å²) in [6, 6.07) is 16.4. The number of thiazole rings is 1. The predicted molar refractivity (Wildman–Crippen MR) is 143 cm³/mol. The molecule has 0 aliphatic carbocycles. The molecule has 0 amide bonds. The molecule has 2 aliphatic heterocycles. The first-order valence-electron chi connectivity index (χ1n) is 12.1. The number of methoxy groups -OCH3 is 1. The molecule has 3 aromatic carbocycles. The van der Waals surface area contributed by atoms with Crippen LogP contribution in [-0.2, 0) is 9.53 Å². The van der Waals surface area contributed by atoms with Gasteiger partial charge in [-0.15, -0.1) is 0 Å². The molecule has 0 bridgehead atoms. The van der Waals surface area contributed by atoms with Gasteiger partial charge in [0.05, 0.1) is 29.5 Å². The summed E-state index contributed by atoms with van der Waals surface area (Å²) >= 11 is 1.27. The molecule has 38 heavy (non-hydrogen) atoms. The second kappa shape index (κ2) is 9.50. The molecule has 0 N–H and O–H groups in total. The fourth-order valence-corrected chi connectivity index (χ4v) is 6.00. The van der Waals surface area contributed by atoms with Gasteiger partial charge in [-0.05, 0) is 54.5 Å². The number of benzene rings is 3. The van der Waals surface area contributed by atoms with Gasteiger partial charge in [-0.1, -0.05) is 47.7 Å². The van der Waals surface area contributed by atoms with Crippen LogP contribution in [0.2, 0.25) is 0 Å². The lowest BCUT2D eigenvalue weighted by molar-refractivity contribution is -0.139. The van der Waals surface area contributed by atoms with Gasteiger partial charge in [0.15, 0.2) is 16.3 Å². The molecule has 9 heteroatoms.